The number of aryl methyl sites for hydroxylation is 1. The molecule has 0 aromatic heterocycles. The molecule has 0 radical (unpaired) electrons. The molecule has 6 nitrogen and oxygen atoms in total. The van der Waals surface area contributed by atoms with Gasteiger partial charge in [-0.3, -0.25) is 0 Å². The Morgan fingerprint density at radius 2 is 1.73 bits per heavy atom. The Balaban J connectivity index is 1.94. The molecule has 0 aliphatic carbocycles. The molecular formula is C15H14N2O4S. The van der Waals surface area contributed by atoms with Crippen molar-refractivity contribution in [2.24, 2.45) is 5.10 Å². The molecule has 2 rings (SSSR count). The molecule has 0 amide bonds. The maximum Gasteiger partial charge on any atom is 0.344 e. The number of nitrogens with zero attached hydrogens (tertiary/aromatic N) is 1. The van der Waals surface area contributed by atoms with Gasteiger partial charge in [0.1, 0.15) is 0 Å². The maximum absolute atomic E-state index is 11.9. The number of ether oxygens (including phenoxy) is 1. The maximum atomic E-state index is 11.9. The van der Waals surface area contributed by atoms with Crippen molar-refractivity contribution in [2.75, 3.05) is 0 Å². The van der Waals surface area contributed by atoms with Gasteiger partial charge < -0.3 is 4.74 Å². The van der Waals surface area contributed by atoms with E-state index in [9.17, 15) is 13.2 Å². The van der Waals surface area contributed by atoms with Crippen LogP contribution in [0.2, 0.25) is 0 Å². The summed E-state index contributed by atoms with van der Waals surface area (Å²) in [6.07, 6.45) is 0.751. The van der Waals surface area contributed by atoms with Crippen LogP contribution in [0, 0.1) is 6.92 Å². The SMILES string of the molecule is Cc1ccc(S(=O)(=O)NN=COC(=O)c2ccccc2)cc1. The summed E-state index contributed by atoms with van der Waals surface area (Å²) in [5.41, 5.74) is 1.29. The van der Waals surface area contributed by atoms with Gasteiger partial charge in [-0.25, -0.2) is 4.79 Å². The number of carbonyl (C=O) groups excluding carboxylic acids is 1. The molecule has 7 heteroatoms. The molecule has 0 spiro atoms. The van der Waals surface area contributed by atoms with E-state index in [-0.39, 0.29) is 4.90 Å². The average molecular weight is 318 g/mol. The minimum absolute atomic E-state index is 0.0737. The van der Waals surface area contributed by atoms with Gasteiger partial charge in [0.05, 0.1) is 10.5 Å². The van der Waals surface area contributed by atoms with Crippen LogP contribution in [0.15, 0.2) is 64.6 Å². The summed E-state index contributed by atoms with van der Waals surface area (Å²) in [4.78, 5) is 13.6. The van der Waals surface area contributed by atoms with Crippen LogP contribution >= 0.6 is 0 Å². The zero-order chi connectivity index (χ0) is 16.0. The van der Waals surface area contributed by atoms with E-state index in [1.807, 2.05) is 11.8 Å². The van der Waals surface area contributed by atoms with Gasteiger partial charge in [-0.15, -0.1) is 5.10 Å². The Morgan fingerprint density at radius 1 is 1.09 bits per heavy atom. The van der Waals surface area contributed by atoms with E-state index in [4.69, 9.17) is 4.74 Å². The lowest BCUT2D eigenvalue weighted by Crippen LogP contribution is -2.18. The Kier molecular flexibility index (Phi) is 4.90. The number of nitrogens with one attached hydrogen (secondary N) is 1. The molecule has 2 aromatic rings. The predicted molar refractivity (Wildman–Crippen MR) is 81.9 cm³/mol. The van der Waals surface area contributed by atoms with E-state index < -0.39 is 16.0 Å². The third-order valence-corrected chi connectivity index (χ3v) is 3.96. The monoisotopic (exact) mass is 318 g/mol. The largest absolute Gasteiger partial charge is 0.409 e. The van der Waals surface area contributed by atoms with Gasteiger partial charge in [-0.1, -0.05) is 35.9 Å². The fourth-order valence-electron chi connectivity index (χ4n) is 1.58. The van der Waals surface area contributed by atoms with Crippen LogP contribution in [0.25, 0.3) is 0 Å². The molecule has 114 valence electrons. The number of hydrazone groups is 1. The van der Waals surface area contributed by atoms with Crippen LogP contribution in [0.5, 0.6) is 0 Å². The summed E-state index contributed by atoms with van der Waals surface area (Å²) in [7, 11) is -3.78. The quantitative estimate of drug-likeness (QED) is 0.396. The van der Waals surface area contributed by atoms with Gasteiger partial charge in [-0.2, -0.15) is 13.2 Å². The van der Waals surface area contributed by atoms with E-state index >= 15 is 0 Å². The lowest BCUT2D eigenvalue weighted by Gasteiger charge is -2.03. The number of benzene rings is 2. The second-order valence-electron chi connectivity index (χ2n) is 4.41. The first-order valence-corrected chi connectivity index (χ1v) is 7.83. The number of carbonyl (C=O) groups is 1. The van der Waals surface area contributed by atoms with E-state index in [1.165, 1.54) is 12.1 Å². The van der Waals surface area contributed by atoms with Crippen molar-refractivity contribution in [3.05, 3.63) is 65.7 Å². The van der Waals surface area contributed by atoms with E-state index in [1.54, 1.807) is 42.5 Å². The van der Waals surface area contributed by atoms with Crippen molar-refractivity contribution < 1.29 is 17.9 Å². The highest BCUT2D eigenvalue weighted by molar-refractivity contribution is 7.89. The van der Waals surface area contributed by atoms with Gasteiger partial charge in [0.15, 0.2) is 0 Å². The number of hydrogen-bond donors (Lipinski definition) is 1. The van der Waals surface area contributed by atoms with E-state index in [0.29, 0.717) is 5.56 Å². The van der Waals surface area contributed by atoms with Crippen LogP contribution in [-0.4, -0.2) is 20.8 Å². The summed E-state index contributed by atoms with van der Waals surface area (Å²) in [6, 6.07) is 14.6. The number of esters is 1. The number of sulfonamides is 1. The summed E-state index contributed by atoms with van der Waals surface area (Å²) in [5.74, 6) is -0.626. The third kappa shape index (κ3) is 4.16. The molecule has 1 N–H and O–H groups in total. The molecular weight excluding hydrogens is 304 g/mol. The molecule has 0 heterocycles. The van der Waals surface area contributed by atoms with Crippen molar-refractivity contribution in [3.63, 3.8) is 0 Å². The smallest absolute Gasteiger partial charge is 0.344 e. The second-order valence-corrected chi connectivity index (χ2v) is 6.07. The van der Waals surface area contributed by atoms with Crippen molar-refractivity contribution in [1.82, 2.24) is 4.83 Å². The van der Waals surface area contributed by atoms with Crippen molar-refractivity contribution in [1.29, 1.82) is 0 Å². The van der Waals surface area contributed by atoms with Crippen molar-refractivity contribution in [3.8, 4) is 0 Å². The molecule has 2 aromatic carbocycles. The summed E-state index contributed by atoms with van der Waals surface area (Å²) >= 11 is 0. The summed E-state index contributed by atoms with van der Waals surface area (Å²) in [6.45, 7) is 1.85. The van der Waals surface area contributed by atoms with Crippen LogP contribution in [-0.2, 0) is 14.8 Å². The Hall–Kier alpha value is -2.67. The summed E-state index contributed by atoms with van der Waals surface area (Å²) < 4.78 is 28.5. The Bertz CT molecular complexity index is 769. The van der Waals surface area contributed by atoms with Crippen LogP contribution in [0.3, 0.4) is 0 Å². The number of hydrogen-bond acceptors (Lipinski definition) is 5. The molecule has 0 bridgehead atoms. The third-order valence-electron chi connectivity index (χ3n) is 2.73. The molecule has 0 atom stereocenters. The molecule has 22 heavy (non-hydrogen) atoms. The van der Waals surface area contributed by atoms with Gasteiger partial charge in [0.2, 0.25) is 6.40 Å². The molecule has 0 unspecified atom stereocenters. The average Bonchev–Trinajstić information content (AvgIpc) is 2.52. The van der Waals surface area contributed by atoms with Gasteiger partial charge in [0, 0.05) is 0 Å². The van der Waals surface area contributed by atoms with Crippen LogP contribution in [0.1, 0.15) is 15.9 Å². The highest BCUT2D eigenvalue weighted by Gasteiger charge is 2.12. The number of rotatable bonds is 5. The Labute approximate surface area is 128 Å². The van der Waals surface area contributed by atoms with E-state index in [2.05, 4.69) is 5.10 Å². The highest BCUT2D eigenvalue weighted by atomic mass is 32.2. The molecule has 0 aliphatic rings. The molecule has 0 fully saturated rings. The van der Waals surface area contributed by atoms with Gasteiger partial charge >= 0.3 is 5.97 Å². The minimum Gasteiger partial charge on any atom is -0.409 e. The zero-order valence-corrected chi connectivity index (χ0v) is 12.6. The lowest BCUT2D eigenvalue weighted by atomic mass is 10.2. The lowest BCUT2D eigenvalue weighted by molar-refractivity contribution is 0.0727. The van der Waals surface area contributed by atoms with Crippen molar-refractivity contribution >= 4 is 22.4 Å². The van der Waals surface area contributed by atoms with Gasteiger partial charge in [0.25, 0.3) is 10.0 Å². The van der Waals surface area contributed by atoms with Gasteiger partial charge in [-0.05, 0) is 31.2 Å². The highest BCUT2D eigenvalue weighted by Crippen LogP contribution is 2.09. The summed E-state index contributed by atoms with van der Waals surface area (Å²) in [5, 5.41) is 3.40. The van der Waals surface area contributed by atoms with Crippen LogP contribution < -0.4 is 4.83 Å². The first kappa shape index (κ1) is 15.7. The topological polar surface area (TPSA) is 84.8 Å². The van der Waals surface area contributed by atoms with Crippen LogP contribution in [0.4, 0.5) is 0 Å². The minimum atomic E-state index is -3.78. The normalized spacial score (nSPS) is 11.3. The molecule has 0 saturated heterocycles. The predicted octanol–water partition coefficient (Wildman–Crippen LogP) is 2.07. The zero-order valence-electron chi connectivity index (χ0n) is 11.8. The Morgan fingerprint density at radius 3 is 2.36 bits per heavy atom. The molecule has 0 aliphatic heterocycles. The van der Waals surface area contributed by atoms with E-state index in [0.717, 1.165) is 12.0 Å². The fraction of sp³-hybridized carbons (Fsp3) is 0.0667. The first-order valence-electron chi connectivity index (χ1n) is 6.35. The fourth-order valence-corrected chi connectivity index (χ4v) is 2.36. The standard InChI is InChI=1S/C15H14N2O4S/c1-12-7-9-14(10-8-12)22(19,20)17-16-11-21-15(18)13-5-3-2-4-6-13/h2-11,17H,1H3. The molecule has 0 saturated carbocycles. The van der Waals surface area contributed by atoms with Crippen molar-refractivity contribution in [2.45, 2.75) is 11.8 Å². The second kappa shape index (κ2) is 6.86. The first-order chi connectivity index (χ1) is 10.5.